The fourth-order valence-electron chi connectivity index (χ4n) is 2.46. The first kappa shape index (κ1) is 15.8. The maximum atomic E-state index is 2.53. The molecular formula is C20H20Se2. The molecule has 112 valence electrons. The summed E-state index contributed by atoms with van der Waals surface area (Å²) in [5, 5.41) is 0. The predicted molar refractivity (Wildman–Crippen MR) is 98.3 cm³/mol. The normalized spacial score (nSPS) is 15.5. The van der Waals surface area contributed by atoms with Crippen molar-refractivity contribution >= 4 is 38.8 Å². The average Bonchev–Trinajstić information content (AvgIpc) is 2.61. The zero-order valence-electron chi connectivity index (χ0n) is 12.6. The summed E-state index contributed by atoms with van der Waals surface area (Å²) in [5.41, 5.74) is 1.62. The Kier molecular flexibility index (Phi) is 6.16. The van der Waals surface area contributed by atoms with Crippen LogP contribution in [0.25, 0.3) is 0 Å². The molecule has 2 heteroatoms. The Hall–Kier alpha value is -1.04. The first-order valence-corrected chi connectivity index (χ1v) is 11.3. The van der Waals surface area contributed by atoms with Crippen LogP contribution in [0, 0.1) is 0 Å². The molecule has 0 N–H and O–H groups in total. The van der Waals surface area contributed by atoms with Crippen molar-refractivity contribution in [1.29, 1.82) is 0 Å². The Morgan fingerprint density at radius 2 is 1.50 bits per heavy atom. The van der Waals surface area contributed by atoms with Gasteiger partial charge >= 0.3 is 146 Å². The summed E-state index contributed by atoms with van der Waals surface area (Å²) in [6, 6.07) is 21.9. The van der Waals surface area contributed by atoms with E-state index >= 15 is 0 Å². The third kappa shape index (κ3) is 4.73. The molecule has 0 saturated heterocycles. The summed E-state index contributed by atoms with van der Waals surface area (Å²) >= 11 is 0.867. The Balaban J connectivity index is 1.80. The summed E-state index contributed by atoms with van der Waals surface area (Å²) in [4.78, 5) is 2.53. The molecule has 0 atom stereocenters. The van der Waals surface area contributed by atoms with Gasteiger partial charge in [0.05, 0.1) is 0 Å². The SMILES string of the molecule is C1=C(/C(=C\[Se]c2ccccc2)[Se]c2ccccc2)CCCC1. The zero-order chi connectivity index (χ0) is 15.0. The van der Waals surface area contributed by atoms with Gasteiger partial charge in [0.25, 0.3) is 0 Å². The van der Waals surface area contributed by atoms with Crippen LogP contribution in [-0.2, 0) is 0 Å². The van der Waals surface area contributed by atoms with Crippen LogP contribution in [-0.4, -0.2) is 29.9 Å². The molecule has 1 aliphatic carbocycles. The maximum absolute atomic E-state index is 2.53. The zero-order valence-corrected chi connectivity index (χ0v) is 16.0. The van der Waals surface area contributed by atoms with Gasteiger partial charge in [-0.2, -0.15) is 0 Å². The molecule has 0 aromatic heterocycles. The molecule has 0 nitrogen and oxygen atoms in total. The van der Waals surface area contributed by atoms with E-state index in [0.29, 0.717) is 29.9 Å². The van der Waals surface area contributed by atoms with Crippen molar-refractivity contribution in [2.24, 2.45) is 0 Å². The second-order valence-corrected chi connectivity index (χ2v) is 9.62. The van der Waals surface area contributed by atoms with E-state index in [1.165, 1.54) is 34.6 Å². The van der Waals surface area contributed by atoms with Crippen molar-refractivity contribution in [2.75, 3.05) is 0 Å². The first-order valence-electron chi connectivity index (χ1n) is 7.76. The van der Waals surface area contributed by atoms with E-state index < -0.39 is 0 Å². The van der Waals surface area contributed by atoms with Gasteiger partial charge in [-0.25, -0.2) is 0 Å². The van der Waals surface area contributed by atoms with Crippen molar-refractivity contribution in [3.05, 3.63) is 81.8 Å². The molecule has 0 heterocycles. The topological polar surface area (TPSA) is 0 Å². The van der Waals surface area contributed by atoms with E-state index in [-0.39, 0.29) is 0 Å². The van der Waals surface area contributed by atoms with Crippen molar-refractivity contribution in [3.8, 4) is 0 Å². The van der Waals surface area contributed by atoms with Crippen molar-refractivity contribution < 1.29 is 0 Å². The molecule has 22 heavy (non-hydrogen) atoms. The monoisotopic (exact) mass is 420 g/mol. The van der Waals surface area contributed by atoms with E-state index in [4.69, 9.17) is 0 Å². The minimum atomic E-state index is 0.432. The van der Waals surface area contributed by atoms with Crippen LogP contribution in [0.1, 0.15) is 25.7 Å². The van der Waals surface area contributed by atoms with Crippen LogP contribution >= 0.6 is 0 Å². The summed E-state index contributed by atoms with van der Waals surface area (Å²) in [6.07, 6.45) is 7.73. The van der Waals surface area contributed by atoms with Gasteiger partial charge in [-0.1, -0.05) is 0 Å². The van der Waals surface area contributed by atoms with E-state index in [0.717, 1.165) is 0 Å². The van der Waals surface area contributed by atoms with Crippen LogP contribution in [0.4, 0.5) is 0 Å². The Morgan fingerprint density at radius 1 is 0.818 bits per heavy atom. The quantitative estimate of drug-likeness (QED) is 0.654. The van der Waals surface area contributed by atoms with Gasteiger partial charge in [-0.05, 0) is 0 Å². The second kappa shape index (κ2) is 8.55. The molecular weight excluding hydrogens is 398 g/mol. The molecule has 0 spiro atoms. The molecule has 0 saturated carbocycles. The Morgan fingerprint density at radius 3 is 2.14 bits per heavy atom. The minimum absolute atomic E-state index is 0.432. The van der Waals surface area contributed by atoms with Gasteiger partial charge in [0.15, 0.2) is 0 Å². The third-order valence-corrected chi connectivity index (χ3v) is 8.59. The summed E-state index contributed by atoms with van der Waals surface area (Å²) < 4.78 is 4.56. The third-order valence-electron chi connectivity index (χ3n) is 3.62. The van der Waals surface area contributed by atoms with Gasteiger partial charge in [0, 0.05) is 0 Å². The number of hydrogen-bond donors (Lipinski definition) is 0. The molecule has 2 aromatic rings. The first-order chi connectivity index (χ1) is 10.9. The van der Waals surface area contributed by atoms with Gasteiger partial charge in [-0.15, -0.1) is 0 Å². The molecule has 0 amide bonds. The van der Waals surface area contributed by atoms with Crippen LogP contribution in [0.3, 0.4) is 0 Å². The van der Waals surface area contributed by atoms with Gasteiger partial charge in [0.2, 0.25) is 0 Å². The number of allylic oxidation sites excluding steroid dienone is 3. The van der Waals surface area contributed by atoms with E-state index in [1.54, 1.807) is 10.0 Å². The standard InChI is InChI=1S/C20H20Se2/c1-4-10-17(11-5-1)20(22-19-14-8-3-9-15-19)16-21-18-12-6-2-7-13-18/h2-3,6-10,12-16H,1,4-5,11H2/b20-16+. The van der Waals surface area contributed by atoms with Crippen molar-refractivity contribution in [3.63, 3.8) is 0 Å². The molecule has 0 aliphatic heterocycles. The van der Waals surface area contributed by atoms with Gasteiger partial charge in [0.1, 0.15) is 0 Å². The average molecular weight is 418 g/mol. The molecule has 2 aromatic carbocycles. The fourth-order valence-corrected chi connectivity index (χ4v) is 6.91. The fraction of sp³-hybridized carbons (Fsp3) is 0.200. The van der Waals surface area contributed by atoms with Crippen molar-refractivity contribution in [2.45, 2.75) is 25.7 Å². The van der Waals surface area contributed by atoms with Crippen molar-refractivity contribution in [1.82, 2.24) is 0 Å². The molecule has 1 aliphatic rings. The summed E-state index contributed by atoms with van der Waals surface area (Å²) in [6.45, 7) is 0. The summed E-state index contributed by atoms with van der Waals surface area (Å²) in [7, 11) is 0. The number of benzene rings is 2. The van der Waals surface area contributed by atoms with E-state index in [1.807, 2.05) is 0 Å². The molecule has 3 rings (SSSR count). The Bertz CT molecular complexity index is 642. The van der Waals surface area contributed by atoms with E-state index in [9.17, 15) is 0 Å². The van der Waals surface area contributed by atoms with Crippen LogP contribution in [0.2, 0.25) is 0 Å². The van der Waals surface area contributed by atoms with E-state index in [2.05, 4.69) is 71.7 Å². The number of rotatable bonds is 5. The molecule has 0 fully saturated rings. The Labute approximate surface area is 146 Å². The molecule has 0 unspecified atom stereocenters. The van der Waals surface area contributed by atoms with Crippen LogP contribution < -0.4 is 8.92 Å². The molecule has 0 bridgehead atoms. The predicted octanol–water partition coefficient (Wildman–Crippen LogP) is 3.39. The van der Waals surface area contributed by atoms with Gasteiger partial charge < -0.3 is 0 Å². The van der Waals surface area contributed by atoms with Crippen LogP contribution in [0.15, 0.2) is 81.8 Å². The molecule has 0 radical (unpaired) electrons. The summed E-state index contributed by atoms with van der Waals surface area (Å²) in [5.74, 6) is 0. The number of hydrogen-bond acceptors (Lipinski definition) is 0. The van der Waals surface area contributed by atoms with Gasteiger partial charge in [-0.3, -0.25) is 0 Å². The second-order valence-electron chi connectivity index (χ2n) is 5.30. The van der Waals surface area contributed by atoms with Crippen LogP contribution in [0.5, 0.6) is 0 Å².